The van der Waals surface area contributed by atoms with Crippen LogP contribution in [0.15, 0.2) is 125 Å². The quantitative estimate of drug-likeness (QED) is 0.00765. The molecule has 0 aliphatic heterocycles. The summed E-state index contributed by atoms with van der Waals surface area (Å²) in [7, 11) is -18.0. The maximum Gasteiger partial charge on any atom is 0.397 e. The number of sulfone groups is 2. The molecule has 0 radical (unpaired) electrons. The van der Waals surface area contributed by atoms with Crippen molar-refractivity contribution in [3.8, 4) is 5.75 Å². The summed E-state index contributed by atoms with van der Waals surface area (Å²) in [5, 5.41) is 53.4. The van der Waals surface area contributed by atoms with Crippen molar-refractivity contribution in [1.29, 1.82) is 0 Å². The molecule has 0 fully saturated rings. The van der Waals surface area contributed by atoms with Crippen LogP contribution in [0, 0.1) is 0 Å². The topological polar surface area (TPSA) is 398 Å². The normalized spacial score (nSPS) is 12.7. The van der Waals surface area contributed by atoms with E-state index in [1.54, 1.807) is 0 Å². The highest BCUT2D eigenvalue weighted by molar-refractivity contribution is 7.94. The van der Waals surface area contributed by atoms with Crippen molar-refractivity contribution in [3.63, 3.8) is 0 Å². The van der Waals surface area contributed by atoms with Crippen molar-refractivity contribution in [2.45, 2.75) is 19.6 Å². The number of nitrogens with zero attached hydrogens (tertiary/aromatic N) is 4. The first-order chi connectivity index (χ1) is 30.6. The first-order valence-corrected chi connectivity index (χ1v) is 24.7. The SMILES string of the molecule is Nc1c(/N=N/c2ccc(S(=O)(=O)CCOS(=O)(=O)O)cc2)c(S(=O)(=O)O)cc2cc(SOOO)c(/N=N/c3ccc(C(=O)Nc4cccc(S(=O)(=O)CCOSOOO)c4)cc3)c(O)c12. The number of phenols is 1. The smallest absolute Gasteiger partial charge is 0.397 e. The van der Waals surface area contributed by atoms with Crippen LogP contribution in [0.3, 0.4) is 0 Å². The van der Waals surface area contributed by atoms with Gasteiger partial charge in [0.25, 0.3) is 16.0 Å². The van der Waals surface area contributed by atoms with Crippen LogP contribution in [-0.2, 0) is 67.3 Å². The Bertz CT molecular complexity index is 3070. The van der Waals surface area contributed by atoms with Crippen LogP contribution in [0.4, 0.5) is 34.1 Å². The second kappa shape index (κ2) is 21.8. The van der Waals surface area contributed by atoms with Gasteiger partial charge in [-0.25, -0.2) is 31.5 Å². The third-order valence-electron chi connectivity index (χ3n) is 8.18. The van der Waals surface area contributed by atoms with Crippen LogP contribution >= 0.6 is 24.4 Å². The molecule has 5 aromatic rings. The number of anilines is 2. The molecule has 0 aliphatic rings. The molecule has 65 heavy (non-hydrogen) atoms. The maximum absolute atomic E-state index is 13.0. The molecule has 0 unspecified atom stereocenters. The van der Waals surface area contributed by atoms with Gasteiger partial charge in [0.2, 0.25) is 0 Å². The Morgan fingerprint density at radius 1 is 0.708 bits per heavy atom. The molecule has 5 aromatic carbocycles. The van der Waals surface area contributed by atoms with Crippen molar-refractivity contribution < 1.29 is 90.3 Å². The fourth-order valence-electron chi connectivity index (χ4n) is 5.30. The summed E-state index contributed by atoms with van der Waals surface area (Å²) in [6, 6.07) is 17.2. The molecule has 5 rings (SSSR count). The Hall–Kier alpha value is -5.27. The molecule has 0 aromatic heterocycles. The molecule has 8 N–H and O–H groups in total. The standard InChI is InChI=1S/C33H30N6O20S6/c34-29-28-20(17-27(64(48,49)50)31(29)39-37-22-8-10-24(11-9-22)62(44,45)15-13-55-65(51,52)53)16-26(60-58-56-42)30(32(28)40)38-36-21-6-4-19(5-7-21)33(41)35-23-2-1-3-25(18-23)63(46,47)14-12-54-61-59-57-43/h1-11,16-18,40,42-43H,12-15,34H2,(H,35,41)(H,48,49,50)(H,51,52,53)/b38-36+,39-37+. The van der Waals surface area contributed by atoms with Crippen LogP contribution < -0.4 is 11.1 Å². The number of nitrogen functional groups attached to an aromatic ring is 1. The molecule has 0 saturated heterocycles. The average Bonchev–Trinajstić information content (AvgIpc) is 3.24. The van der Waals surface area contributed by atoms with Crippen molar-refractivity contribution in [2.24, 2.45) is 20.5 Å². The Morgan fingerprint density at radius 2 is 1.31 bits per heavy atom. The highest BCUT2D eigenvalue weighted by Crippen LogP contribution is 2.49. The van der Waals surface area contributed by atoms with E-state index in [2.05, 4.69) is 48.7 Å². The van der Waals surface area contributed by atoms with Gasteiger partial charge in [-0.15, -0.1) is 18.9 Å². The number of nitrogens with one attached hydrogen (secondary N) is 1. The highest BCUT2D eigenvalue weighted by Gasteiger charge is 2.26. The van der Waals surface area contributed by atoms with E-state index in [9.17, 15) is 48.1 Å². The average molecular weight is 1020 g/mol. The monoisotopic (exact) mass is 1020 g/mol. The summed E-state index contributed by atoms with van der Waals surface area (Å²) in [5.41, 5.74) is 4.97. The molecule has 348 valence electrons. The molecule has 0 spiro atoms. The van der Waals surface area contributed by atoms with Gasteiger partial charge < -0.3 is 16.2 Å². The number of carbonyl (C=O) groups is 1. The molecule has 0 atom stereocenters. The molecule has 32 heteroatoms. The van der Waals surface area contributed by atoms with E-state index >= 15 is 0 Å². The van der Waals surface area contributed by atoms with Gasteiger partial charge in [0.1, 0.15) is 16.3 Å². The Labute approximate surface area is 375 Å². The zero-order valence-corrected chi connectivity index (χ0v) is 37.0. The summed E-state index contributed by atoms with van der Waals surface area (Å²) in [6.45, 7) is -1.21. The van der Waals surface area contributed by atoms with Crippen LogP contribution in [-0.4, -0.2) is 89.0 Å². The molecule has 0 saturated carbocycles. The van der Waals surface area contributed by atoms with Gasteiger partial charge in [0, 0.05) is 11.3 Å². The van der Waals surface area contributed by atoms with Crippen LogP contribution in [0.1, 0.15) is 10.4 Å². The Kier molecular flexibility index (Phi) is 17.0. The fraction of sp³-hybridized carbons (Fsp3) is 0.121. The number of azo groups is 2. The van der Waals surface area contributed by atoms with Gasteiger partial charge in [-0.05, 0) is 84.2 Å². The van der Waals surface area contributed by atoms with Gasteiger partial charge in [-0.2, -0.15) is 27.1 Å². The largest absolute Gasteiger partial charge is 0.505 e. The van der Waals surface area contributed by atoms with E-state index in [1.165, 1.54) is 54.6 Å². The van der Waals surface area contributed by atoms with Gasteiger partial charge in [0.05, 0.1) is 73.9 Å². The number of hydrogen-bond acceptors (Lipinski definition) is 25. The zero-order valence-electron chi connectivity index (χ0n) is 32.1. The molecule has 0 aliphatic carbocycles. The predicted molar refractivity (Wildman–Crippen MR) is 226 cm³/mol. The summed E-state index contributed by atoms with van der Waals surface area (Å²) in [5.74, 6) is -2.70. The van der Waals surface area contributed by atoms with E-state index in [0.717, 1.165) is 30.3 Å². The van der Waals surface area contributed by atoms with E-state index in [4.69, 9.17) is 25.0 Å². The Morgan fingerprint density at radius 3 is 1.92 bits per heavy atom. The third-order valence-corrected chi connectivity index (χ3v) is 13.9. The van der Waals surface area contributed by atoms with Crippen LogP contribution in [0.2, 0.25) is 0 Å². The second-order valence-electron chi connectivity index (χ2n) is 12.4. The molecular formula is C33H30N6O20S6. The van der Waals surface area contributed by atoms with E-state index in [0.29, 0.717) is 0 Å². The fourth-order valence-corrected chi connectivity index (χ4v) is 9.41. The minimum absolute atomic E-state index is 0.0739. The van der Waals surface area contributed by atoms with E-state index < -0.39 is 86.2 Å². The lowest BCUT2D eigenvalue weighted by molar-refractivity contribution is -0.434. The van der Waals surface area contributed by atoms with Crippen LogP contribution in [0.5, 0.6) is 5.75 Å². The second-order valence-corrected chi connectivity index (χ2v) is 20.3. The lowest BCUT2D eigenvalue weighted by Crippen LogP contribution is -2.15. The number of fused-ring (bicyclic) bond motifs is 1. The summed E-state index contributed by atoms with van der Waals surface area (Å²) < 4.78 is 133. The number of hydrogen-bond donors (Lipinski definition) is 7. The lowest BCUT2D eigenvalue weighted by Gasteiger charge is -2.14. The first kappa shape index (κ1) is 50.7. The molecule has 1 amide bonds. The minimum Gasteiger partial charge on any atom is -0.505 e. The predicted octanol–water partition coefficient (Wildman–Crippen LogP) is 6.25. The zero-order chi connectivity index (χ0) is 47.6. The number of rotatable bonds is 22. The first-order valence-electron chi connectivity index (χ1n) is 17.2. The van der Waals surface area contributed by atoms with E-state index in [-0.39, 0.29) is 84.7 Å². The number of carbonyl (C=O) groups excluding carboxylic acids is 1. The minimum atomic E-state index is -5.12. The van der Waals surface area contributed by atoms with Crippen molar-refractivity contribution in [2.75, 3.05) is 35.8 Å². The summed E-state index contributed by atoms with van der Waals surface area (Å²) in [6.07, 6.45) is 0. The number of phenolic OH excluding ortho intramolecular Hbond substituents is 1. The number of amides is 1. The molecule has 0 heterocycles. The van der Waals surface area contributed by atoms with Gasteiger partial charge in [-0.1, -0.05) is 16.1 Å². The van der Waals surface area contributed by atoms with Gasteiger partial charge in [0.15, 0.2) is 37.7 Å². The number of nitrogens with two attached hydrogens (primary N) is 1. The Balaban J connectivity index is 1.41. The van der Waals surface area contributed by atoms with Gasteiger partial charge >= 0.3 is 10.4 Å². The van der Waals surface area contributed by atoms with E-state index in [1.807, 2.05) is 0 Å². The highest BCUT2D eigenvalue weighted by atomic mass is 32.3. The number of aromatic hydroxyl groups is 1. The van der Waals surface area contributed by atoms with Crippen LogP contribution in [0.25, 0.3) is 10.8 Å². The van der Waals surface area contributed by atoms with Crippen molar-refractivity contribution >= 4 is 115 Å². The number of benzene rings is 5. The maximum atomic E-state index is 13.0. The van der Waals surface area contributed by atoms with Crippen molar-refractivity contribution in [3.05, 3.63) is 90.5 Å². The molecule has 26 nitrogen and oxygen atoms in total. The summed E-state index contributed by atoms with van der Waals surface area (Å²) >= 11 is 0.496. The lowest BCUT2D eigenvalue weighted by atomic mass is 10.1. The molecule has 0 bridgehead atoms. The van der Waals surface area contributed by atoms with Crippen molar-refractivity contribution in [1.82, 2.24) is 0 Å². The summed E-state index contributed by atoms with van der Waals surface area (Å²) in [4.78, 5) is 11.6. The van der Waals surface area contributed by atoms with Gasteiger partial charge in [-0.3, -0.25) is 18.1 Å². The third kappa shape index (κ3) is 13.9. The molecular weight excluding hydrogens is 993 g/mol.